The minimum atomic E-state index is -3.79. The molecular formula is C19H19ClN4O3S2. The quantitative estimate of drug-likeness (QED) is 0.403. The highest BCUT2D eigenvalue weighted by atomic mass is 35.5. The molecular weight excluding hydrogens is 432 g/mol. The highest BCUT2D eigenvalue weighted by Crippen LogP contribution is 2.20. The minimum Gasteiger partial charge on any atom is -0.296 e. The molecule has 7 nitrogen and oxygen atoms in total. The molecule has 0 unspecified atom stereocenters. The third-order valence-corrected chi connectivity index (χ3v) is 6.90. The van der Waals surface area contributed by atoms with E-state index in [0.717, 1.165) is 22.5 Å². The molecule has 0 aliphatic heterocycles. The number of carbonyl (C=O) groups excluding carboxylic acids is 1. The molecule has 0 fully saturated rings. The van der Waals surface area contributed by atoms with Crippen LogP contribution in [-0.2, 0) is 16.4 Å². The second kappa shape index (κ2) is 9.45. The molecule has 0 bridgehead atoms. The van der Waals surface area contributed by atoms with Crippen LogP contribution in [0.15, 0.2) is 52.9 Å². The molecule has 2 N–H and O–H groups in total. The first-order chi connectivity index (χ1) is 13.8. The largest absolute Gasteiger partial charge is 0.296 e. The molecule has 0 aliphatic carbocycles. The Balaban J connectivity index is 1.54. The molecule has 1 amide bonds. The van der Waals surface area contributed by atoms with E-state index in [9.17, 15) is 13.2 Å². The van der Waals surface area contributed by atoms with Crippen molar-refractivity contribution in [3.05, 3.63) is 70.2 Å². The number of nitrogens with zero attached hydrogens (tertiary/aromatic N) is 2. The van der Waals surface area contributed by atoms with E-state index >= 15 is 0 Å². The van der Waals surface area contributed by atoms with Crippen LogP contribution < -0.4 is 10.0 Å². The van der Waals surface area contributed by atoms with E-state index in [0.29, 0.717) is 23.4 Å². The Morgan fingerprint density at radius 2 is 1.90 bits per heavy atom. The van der Waals surface area contributed by atoms with Gasteiger partial charge in [0, 0.05) is 17.1 Å². The lowest BCUT2D eigenvalue weighted by Gasteiger charge is -2.04. The van der Waals surface area contributed by atoms with Gasteiger partial charge in [0.2, 0.25) is 9.47 Å². The number of halogens is 1. The number of nitrogens with one attached hydrogen (secondary N) is 2. The van der Waals surface area contributed by atoms with Gasteiger partial charge < -0.3 is 0 Å². The first-order valence-electron chi connectivity index (χ1n) is 8.79. The summed E-state index contributed by atoms with van der Waals surface area (Å²) >= 11 is 6.65. The molecule has 0 spiro atoms. The Labute approximate surface area is 178 Å². The van der Waals surface area contributed by atoms with Gasteiger partial charge in [-0.05, 0) is 49.6 Å². The molecule has 0 atom stereocenters. The summed E-state index contributed by atoms with van der Waals surface area (Å²) in [7, 11) is -3.79. The van der Waals surface area contributed by atoms with E-state index in [4.69, 9.17) is 11.6 Å². The van der Waals surface area contributed by atoms with Crippen molar-refractivity contribution in [2.24, 2.45) is 0 Å². The van der Waals surface area contributed by atoms with Gasteiger partial charge in [-0.1, -0.05) is 52.8 Å². The van der Waals surface area contributed by atoms with E-state index in [1.54, 1.807) is 30.3 Å². The molecule has 1 heterocycles. The number of hydrogen-bond acceptors (Lipinski definition) is 6. The van der Waals surface area contributed by atoms with Gasteiger partial charge in [0.25, 0.3) is 15.9 Å². The number of sulfonamides is 1. The molecule has 1 aromatic heterocycles. The normalized spacial score (nSPS) is 11.4. The lowest BCUT2D eigenvalue weighted by Crippen LogP contribution is -2.25. The highest BCUT2D eigenvalue weighted by molar-refractivity contribution is 7.91. The molecule has 0 radical (unpaired) electrons. The molecule has 2 aromatic carbocycles. The number of aryl methyl sites for hydroxylation is 2. The maximum absolute atomic E-state index is 12.4. The fourth-order valence-corrected chi connectivity index (χ4v) is 4.67. The van der Waals surface area contributed by atoms with Crippen LogP contribution >= 0.6 is 22.9 Å². The molecule has 152 valence electrons. The standard InChI is InChI=1S/C19H19ClN4O3S2/c1-13-4-2-6-15(12-13)17(25)22-18-23-24-19(28-18)29(26,27)21-11-3-5-14-7-9-16(20)10-8-14/h2,4,6-10,12,21H,3,5,11H2,1H3,(H,22,23,25). The smallest absolute Gasteiger partial charge is 0.269 e. The fraction of sp³-hybridized carbons (Fsp3) is 0.211. The van der Waals surface area contributed by atoms with E-state index in [-0.39, 0.29) is 21.9 Å². The van der Waals surface area contributed by atoms with Crippen LogP contribution in [0.1, 0.15) is 27.9 Å². The van der Waals surface area contributed by atoms with Crippen LogP contribution in [0.3, 0.4) is 0 Å². The average Bonchev–Trinajstić information content (AvgIpc) is 3.16. The molecule has 0 aliphatic rings. The second-order valence-corrected chi connectivity index (χ2v) is 9.68. The summed E-state index contributed by atoms with van der Waals surface area (Å²) in [6.07, 6.45) is 1.34. The predicted molar refractivity (Wildman–Crippen MR) is 114 cm³/mol. The molecule has 0 saturated carbocycles. The van der Waals surface area contributed by atoms with E-state index in [1.165, 1.54) is 0 Å². The monoisotopic (exact) mass is 450 g/mol. The SMILES string of the molecule is Cc1cccc(C(=O)Nc2nnc(S(=O)(=O)NCCCc3ccc(Cl)cc3)s2)c1. The summed E-state index contributed by atoms with van der Waals surface area (Å²) in [6, 6.07) is 14.5. The molecule has 3 aromatic rings. The summed E-state index contributed by atoms with van der Waals surface area (Å²) in [5, 5.41) is 10.8. The molecule has 3 rings (SSSR count). The number of hydrogen-bond donors (Lipinski definition) is 2. The number of anilines is 1. The Morgan fingerprint density at radius 3 is 2.62 bits per heavy atom. The van der Waals surface area contributed by atoms with Gasteiger partial charge in [-0.25, -0.2) is 13.1 Å². The van der Waals surface area contributed by atoms with Gasteiger partial charge >= 0.3 is 0 Å². The van der Waals surface area contributed by atoms with Crippen LogP contribution in [0, 0.1) is 6.92 Å². The maximum atomic E-state index is 12.4. The molecule has 0 saturated heterocycles. The summed E-state index contributed by atoms with van der Waals surface area (Å²) in [5.74, 6) is -0.371. The third-order valence-electron chi connectivity index (χ3n) is 3.98. The van der Waals surface area contributed by atoms with Crippen molar-refractivity contribution in [3.8, 4) is 0 Å². The third kappa shape index (κ3) is 6.07. The van der Waals surface area contributed by atoms with Crippen LogP contribution in [0.25, 0.3) is 0 Å². The molecule has 10 heteroatoms. The van der Waals surface area contributed by atoms with Crippen molar-refractivity contribution < 1.29 is 13.2 Å². The van der Waals surface area contributed by atoms with Crippen molar-refractivity contribution in [1.29, 1.82) is 0 Å². The van der Waals surface area contributed by atoms with Crippen LogP contribution in [-0.4, -0.2) is 31.1 Å². The van der Waals surface area contributed by atoms with Gasteiger partial charge in [0.05, 0.1) is 0 Å². The Bertz CT molecular complexity index is 1100. The van der Waals surface area contributed by atoms with E-state index in [1.807, 2.05) is 25.1 Å². The zero-order valence-corrected chi connectivity index (χ0v) is 17.9. The van der Waals surface area contributed by atoms with Gasteiger partial charge in [0.1, 0.15) is 0 Å². The summed E-state index contributed by atoms with van der Waals surface area (Å²) < 4.78 is 27.1. The fourth-order valence-electron chi connectivity index (χ4n) is 2.54. The topological polar surface area (TPSA) is 101 Å². The summed E-state index contributed by atoms with van der Waals surface area (Å²) in [5.41, 5.74) is 2.48. The van der Waals surface area contributed by atoms with Crippen LogP contribution in [0.4, 0.5) is 5.13 Å². The average molecular weight is 451 g/mol. The van der Waals surface area contributed by atoms with Gasteiger partial charge in [-0.2, -0.15) is 0 Å². The van der Waals surface area contributed by atoms with E-state index in [2.05, 4.69) is 20.2 Å². The summed E-state index contributed by atoms with van der Waals surface area (Å²) in [6.45, 7) is 2.14. The Hall–Kier alpha value is -2.33. The predicted octanol–water partition coefficient (Wildman–Crippen LogP) is 3.66. The Morgan fingerprint density at radius 1 is 1.14 bits per heavy atom. The van der Waals surface area contributed by atoms with Gasteiger partial charge in [0.15, 0.2) is 0 Å². The maximum Gasteiger partial charge on any atom is 0.269 e. The van der Waals surface area contributed by atoms with E-state index < -0.39 is 10.0 Å². The zero-order chi connectivity index (χ0) is 20.9. The highest BCUT2D eigenvalue weighted by Gasteiger charge is 2.20. The number of rotatable bonds is 8. The lowest BCUT2D eigenvalue weighted by molar-refractivity contribution is 0.102. The van der Waals surface area contributed by atoms with Crippen molar-refractivity contribution in [1.82, 2.24) is 14.9 Å². The number of aromatic nitrogens is 2. The lowest BCUT2D eigenvalue weighted by atomic mass is 10.1. The van der Waals surface area contributed by atoms with Crippen LogP contribution in [0.5, 0.6) is 0 Å². The van der Waals surface area contributed by atoms with Crippen molar-refractivity contribution in [2.75, 3.05) is 11.9 Å². The van der Waals surface area contributed by atoms with Crippen molar-refractivity contribution >= 4 is 44.0 Å². The van der Waals surface area contributed by atoms with Crippen molar-refractivity contribution in [2.45, 2.75) is 24.1 Å². The molecule has 29 heavy (non-hydrogen) atoms. The van der Waals surface area contributed by atoms with Crippen LogP contribution in [0.2, 0.25) is 5.02 Å². The minimum absolute atomic E-state index is 0.123. The first-order valence-corrected chi connectivity index (χ1v) is 11.5. The first kappa shape index (κ1) is 21.4. The van der Waals surface area contributed by atoms with Gasteiger partial charge in [-0.3, -0.25) is 10.1 Å². The zero-order valence-electron chi connectivity index (χ0n) is 15.6. The Kier molecular flexibility index (Phi) is 6.96. The summed E-state index contributed by atoms with van der Waals surface area (Å²) in [4.78, 5) is 12.2. The number of carbonyl (C=O) groups is 1. The van der Waals surface area contributed by atoms with Gasteiger partial charge in [-0.15, -0.1) is 10.2 Å². The van der Waals surface area contributed by atoms with Crippen molar-refractivity contribution in [3.63, 3.8) is 0 Å². The number of amides is 1. The number of benzene rings is 2. The second-order valence-electron chi connectivity index (χ2n) is 6.32.